The molecule has 6 heteroatoms. The predicted molar refractivity (Wildman–Crippen MR) is 104 cm³/mol. The molecule has 1 unspecified atom stereocenters. The number of rotatable bonds is 2. The fourth-order valence-corrected chi connectivity index (χ4v) is 5.52. The van der Waals surface area contributed by atoms with Gasteiger partial charge in [0, 0.05) is 48.8 Å². The summed E-state index contributed by atoms with van der Waals surface area (Å²) in [6.07, 6.45) is 5.89. The largest absolute Gasteiger partial charge is 0.340 e. The van der Waals surface area contributed by atoms with Crippen LogP contribution in [0.5, 0.6) is 0 Å². The summed E-state index contributed by atoms with van der Waals surface area (Å²) in [6.45, 7) is 2.72. The number of carbonyl (C=O) groups is 2. The molecule has 4 heterocycles. The quantitative estimate of drug-likeness (QED) is 0.797. The maximum absolute atomic E-state index is 13.0. The van der Waals surface area contributed by atoms with Gasteiger partial charge < -0.3 is 14.4 Å². The van der Waals surface area contributed by atoms with Crippen LogP contribution < -0.4 is 0 Å². The molecule has 27 heavy (non-hydrogen) atoms. The van der Waals surface area contributed by atoms with Crippen LogP contribution in [0.15, 0.2) is 30.5 Å². The van der Waals surface area contributed by atoms with Gasteiger partial charge in [0.1, 0.15) is 6.54 Å². The lowest BCUT2D eigenvalue weighted by molar-refractivity contribution is -0.148. The maximum atomic E-state index is 13.0. The molecule has 0 radical (unpaired) electrons. The number of hydrogen-bond acceptors (Lipinski definition) is 2. The number of carbonyl (C=O) groups excluding carboxylic acids is 2. The summed E-state index contributed by atoms with van der Waals surface area (Å²) in [4.78, 5) is 29.5. The van der Waals surface area contributed by atoms with E-state index < -0.39 is 0 Å². The second kappa shape index (κ2) is 6.55. The average molecular weight is 386 g/mol. The van der Waals surface area contributed by atoms with Gasteiger partial charge in [-0.25, -0.2) is 0 Å². The van der Waals surface area contributed by atoms with Crippen LogP contribution in [0.3, 0.4) is 0 Å². The fourth-order valence-electron chi connectivity index (χ4n) is 5.35. The number of piperidine rings is 3. The molecule has 3 aliphatic rings. The van der Waals surface area contributed by atoms with E-state index in [4.69, 9.17) is 11.6 Å². The molecule has 0 saturated carbocycles. The lowest BCUT2D eigenvalue weighted by Crippen LogP contribution is -2.61. The van der Waals surface area contributed by atoms with Crippen molar-refractivity contribution >= 4 is 34.3 Å². The smallest absolute Gasteiger partial charge is 0.242 e. The average Bonchev–Trinajstić information content (AvgIpc) is 3.04. The Morgan fingerprint density at radius 3 is 2.96 bits per heavy atom. The van der Waals surface area contributed by atoms with E-state index in [2.05, 4.69) is 4.90 Å². The summed E-state index contributed by atoms with van der Waals surface area (Å²) >= 11 is 6.13. The van der Waals surface area contributed by atoms with E-state index in [1.807, 2.05) is 39.9 Å². The van der Waals surface area contributed by atoms with Crippen molar-refractivity contribution in [2.75, 3.05) is 19.6 Å². The topological polar surface area (TPSA) is 45.6 Å². The molecule has 1 aromatic carbocycles. The van der Waals surface area contributed by atoms with Crippen LogP contribution in [0.1, 0.15) is 25.7 Å². The molecule has 3 fully saturated rings. The molecule has 3 atom stereocenters. The van der Waals surface area contributed by atoms with E-state index in [9.17, 15) is 9.59 Å². The number of fused-ring (bicyclic) bond motifs is 5. The Hall–Kier alpha value is -2.01. The summed E-state index contributed by atoms with van der Waals surface area (Å²) in [5.74, 6) is 1.33. The van der Waals surface area contributed by atoms with Gasteiger partial charge in [0.25, 0.3) is 0 Å². The second-order valence-electron chi connectivity index (χ2n) is 8.31. The molecule has 2 amide bonds. The van der Waals surface area contributed by atoms with Crippen molar-refractivity contribution in [2.45, 2.75) is 38.3 Å². The minimum Gasteiger partial charge on any atom is -0.340 e. The fraction of sp³-hybridized carbons (Fsp3) is 0.524. The van der Waals surface area contributed by atoms with E-state index in [0.717, 1.165) is 49.8 Å². The van der Waals surface area contributed by atoms with Crippen molar-refractivity contribution in [3.63, 3.8) is 0 Å². The van der Waals surface area contributed by atoms with Gasteiger partial charge in [-0.3, -0.25) is 9.59 Å². The summed E-state index contributed by atoms with van der Waals surface area (Å²) < 4.78 is 1.99. The highest BCUT2D eigenvalue weighted by atomic mass is 35.5. The van der Waals surface area contributed by atoms with Gasteiger partial charge in [-0.05, 0) is 54.7 Å². The molecule has 5 rings (SSSR count). The molecule has 5 nitrogen and oxygen atoms in total. The Labute approximate surface area is 163 Å². The van der Waals surface area contributed by atoms with Crippen molar-refractivity contribution in [3.05, 3.63) is 35.5 Å². The molecule has 3 aliphatic heterocycles. The molecule has 2 aromatic rings. The van der Waals surface area contributed by atoms with Crippen LogP contribution in [-0.4, -0.2) is 51.9 Å². The highest BCUT2D eigenvalue weighted by Crippen LogP contribution is 2.38. The first-order valence-corrected chi connectivity index (χ1v) is 10.3. The molecular formula is C21H24ClN3O2. The normalized spacial score (nSPS) is 27.7. The standard InChI is InChI=1S/C21H24ClN3O2/c22-17-5-4-15-6-7-23(19(15)9-17)13-21(27)24-10-14-8-16(12-24)18-2-1-3-20(26)25(18)11-14/h4-7,9,14,16,18H,1-3,8,10-13H2/t14-,16-,18?/m0/s1. The molecule has 3 saturated heterocycles. The zero-order chi connectivity index (χ0) is 18.5. The van der Waals surface area contributed by atoms with Crippen molar-refractivity contribution in [1.82, 2.24) is 14.4 Å². The first-order valence-electron chi connectivity index (χ1n) is 9.90. The van der Waals surface area contributed by atoms with Gasteiger partial charge in [-0.15, -0.1) is 0 Å². The third-order valence-electron chi connectivity index (χ3n) is 6.57. The number of nitrogens with zero attached hydrogens (tertiary/aromatic N) is 3. The third-order valence-corrected chi connectivity index (χ3v) is 6.81. The van der Waals surface area contributed by atoms with E-state index in [0.29, 0.717) is 41.8 Å². The van der Waals surface area contributed by atoms with E-state index in [-0.39, 0.29) is 5.91 Å². The van der Waals surface area contributed by atoms with Crippen molar-refractivity contribution < 1.29 is 9.59 Å². The maximum Gasteiger partial charge on any atom is 0.242 e. The zero-order valence-electron chi connectivity index (χ0n) is 15.3. The predicted octanol–water partition coefficient (Wildman–Crippen LogP) is 3.15. The summed E-state index contributed by atoms with van der Waals surface area (Å²) in [5.41, 5.74) is 0.997. The van der Waals surface area contributed by atoms with Gasteiger partial charge in [0.15, 0.2) is 0 Å². The van der Waals surface area contributed by atoms with Crippen LogP contribution in [0, 0.1) is 11.8 Å². The van der Waals surface area contributed by atoms with Gasteiger partial charge in [0.2, 0.25) is 11.8 Å². The minimum absolute atomic E-state index is 0.165. The molecule has 1 aromatic heterocycles. The summed E-state index contributed by atoms with van der Waals surface area (Å²) in [6, 6.07) is 8.14. The van der Waals surface area contributed by atoms with Gasteiger partial charge >= 0.3 is 0 Å². The van der Waals surface area contributed by atoms with Crippen molar-refractivity contribution in [2.24, 2.45) is 11.8 Å². The number of halogens is 1. The third kappa shape index (κ3) is 3.02. The van der Waals surface area contributed by atoms with Gasteiger partial charge in [-0.2, -0.15) is 0 Å². The Bertz CT molecular complexity index is 908. The summed E-state index contributed by atoms with van der Waals surface area (Å²) in [5, 5.41) is 1.78. The number of aromatic nitrogens is 1. The van der Waals surface area contributed by atoms with Gasteiger partial charge in [-0.1, -0.05) is 17.7 Å². The Kier molecular flexibility index (Phi) is 4.15. The number of amides is 2. The Morgan fingerprint density at radius 2 is 2.07 bits per heavy atom. The lowest BCUT2D eigenvalue weighted by Gasteiger charge is -2.52. The number of benzene rings is 1. The first-order chi connectivity index (χ1) is 13.1. The molecule has 142 valence electrons. The van der Waals surface area contributed by atoms with Crippen LogP contribution >= 0.6 is 11.6 Å². The molecule has 2 bridgehead atoms. The first kappa shape index (κ1) is 17.1. The molecule has 0 N–H and O–H groups in total. The summed E-state index contributed by atoms with van der Waals surface area (Å²) in [7, 11) is 0. The molecule has 0 spiro atoms. The Morgan fingerprint density at radius 1 is 1.19 bits per heavy atom. The van der Waals surface area contributed by atoms with Crippen molar-refractivity contribution in [1.29, 1.82) is 0 Å². The highest BCUT2D eigenvalue weighted by molar-refractivity contribution is 6.31. The zero-order valence-corrected chi connectivity index (χ0v) is 16.1. The van der Waals surface area contributed by atoms with Crippen LogP contribution in [0.25, 0.3) is 10.9 Å². The monoisotopic (exact) mass is 385 g/mol. The Balaban J connectivity index is 1.33. The lowest BCUT2D eigenvalue weighted by atomic mass is 9.76. The van der Waals surface area contributed by atoms with E-state index in [1.54, 1.807) is 0 Å². The highest BCUT2D eigenvalue weighted by Gasteiger charge is 2.44. The van der Waals surface area contributed by atoms with Gasteiger partial charge in [0.05, 0.1) is 0 Å². The van der Waals surface area contributed by atoms with Crippen LogP contribution in [-0.2, 0) is 16.1 Å². The number of likely N-dealkylation sites (tertiary alicyclic amines) is 1. The van der Waals surface area contributed by atoms with Crippen LogP contribution in [0.2, 0.25) is 5.02 Å². The molecular weight excluding hydrogens is 362 g/mol. The number of hydrogen-bond donors (Lipinski definition) is 0. The van der Waals surface area contributed by atoms with Crippen molar-refractivity contribution in [3.8, 4) is 0 Å². The SMILES string of the molecule is O=C(Cn1ccc2ccc(Cl)cc21)N1C[C@@H]2C[C@@H](C1)C1CCCC(=O)N1C2. The van der Waals surface area contributed by atoms with Crippen LogP contribution in [0.4, 0.5) is 0 Å². The molecule has 0 aliphatic carbocycles. The second-order valence-corrected chi connectivity index (χ2v) is 8.75. The van der Waals surface area contributed by atoms with E-state index >= 15 is 0 Å². The van der Waals surface area contributed by atoms with E-state index in [1.165, 1.54) is 0 Å². The minimum atomic E-state index is 0.165.